The van der Waals surface area contributed by atoms with E-state index in [1.54, 1.807) is 19.1 Å². The number of hydrogen-bond acceptors (Lipinski definition) is 3. The summed E-state index contributed by atoms with van der Waals surface area (Å²) >= 11 is 0. The highest BCUT2D eigenvalue weighted by molar-refractivity contribution is 5.84. The van der Waals surface area contributed by atoms with Crippen LogP contribution in [0, 0.1) is 0 Å². The number of amides is 1. The second-order valence-electron chi connectivity index (χ2n) is 8.23. The number of ether oxygens (including phenoxy) is 1. The molecule has 1 saturated carbocycles. The zero-order chi connectivity index (χ0) is 20.8. The highest BCUT2D eigenvalue weighted by Crippen LogP contribution is 2.34. The zero-order valence-electron chi connectivity index (χ0n) is 18.1. The van der Waals surface area contributed by atoms with Crippen molar-refractivity contribution in [1.29, 1.82) is 0 Å². The molecule has 1 heterocycles. The van der Waals surface area contributed by atoms with Gasteiger partial charge in [-0.05, 0) is 50.0 Å². The summed E-state index contributed by atoms with van der Waals surface area (Å²) in [6.07, 6.45) is 11.1. The Balaban J connectivity index is 2.10. The maximum atomic E-state index is 11.2. The largest absolute Gasteiger partial charge is 0.383 e. The Morgan fingerprint density at radius 2 is 2.03 bits per heavy atom. The van der Waals surface area contributed by atoms with Gasteiger partial charge in [0, 0.05) is 32.8 Å². The molecule has 1 amide bonds. The van der Waals surface area contributed by atoms with Gasteiger partial charge in [0.05, 0.1) is 17.6 Å². The molecule has 1 aromatic carbocycles. The maximum Gasteiger partial charge on any atom is 0.213 e. The Labute approximate surface area is 174 Å². The van der Waals surface area contributed by atoms with Crippen molar-refractivity contribution in [3.05, 3.63) is 47.4 Å². The molecule has 156 valence electrons. The fourth-order valence-electron chi connectivity index (χ4n) is 4.17. The lowest BCUT2D eigenvalue weighted by Crippen LogP contribution is -2.14. The lowest BCUT2D eigenvalue weighted by atomic mass is 9.88. The first-order valence-corrected chi connectivity index (χ1v) is 10.6. The molecule has 0 aliphatic heterocycles. The number of fused-ring (bicyclic) bond motifs is 1. The molecule has 0 saturated heterocycles. The van der Waals surface area contributed by atoms with E-state index in [2.05, 4.69) is 42.7 Å². The molecule has 1 aliphatic rings. The van der Waals surface area contributed by atoms with Crippen LogP contribution in [0.2, 0.25) is 0 Å². The van der Waals surface area contributed by atoms with Gasteiger partial charge in [0.1, 0.15) is 5.82 Å². The van der Waals surface area contributed by atoms with Crippen LogP contribution in [0.5, 0.6) is 0 Å². The van der Waals surface area contributed by atoms with Crippen molar-refractivity contribution in [1.82, 2.24) is 14.5 Å². The van der Waals surface area contributed by atoms with Crippen molar-refractivity contribution in [3.63, 3.8) is 0 Å². The molecule has 0 unspecified atom stereocenters. The Kier molecular flexibility index (Phi) is 7.26. The van der Waals surface area contributed by atoms with Gasteiger partial charge in [-0.15, -0.1) is 0 Å². The van der Waals surface area contributed by atoms with Crippen LogP contribution in [0.15, 0.2) is 36.0 Å². The second-order valence-corrected chi connectivity index (χ2v) is 8.23. The standard InChI is InChI=1S/C24H33N3O2/c1-18(2)14-21(16-26(3)17-28)20-10-11-22-23(15-20)27(12-13-29-4)24(25-22)19-8-6-5-7-9-19/h10-11,14-17,19H,5-9,12-13H2,1-4H3/b21-16+. The van der Waals surface area contributed by atoms with Crippen LogP contribution in [0.3, 0.4) is 0 Å². The summed E-state index contributed by atoms with van der Waals surface area (Å²) in [4.78, 5) is 17.7. The molecular weight excluding hydrogens is 362 g/mol. The Bertz CT molecular complexity index is 900. The molecule has 1 aliphatic carbocycles. The first kappa shape index (κ1) is 21.3. The average Bonchev–Trinajstić information content (AvgIpc) is 3.09. The summed E-state index contributed by atoms with van der Waals surface area (Å²) in [5, 5.41) is 0. The van der Waals surface area contributed by atoms with Crippen molar-refractivity contribution >= 4 is 23.0 Å². The van der Waals surface area contributed by atoms with Crippen molar-refractivity contribution in [2.75, 3.05) is 20.8 Å². The van der Waals surface area contributed by atoms with Gasteiger partial charge in [-0.3, -0.25) is 4.79 Å². The molecular formula is C24H33N3O2. The highest BCUT2D eigenvalue weighted by atomic mass is 16.5. The summed E-state index contributed by atoms with van der Waals surface area (Å²) < 4.78 is 7.74. The van der Waals surface area contributed by atoms with Crippen LogP contribution in [0.4, 0.5) is 0 Å². The zero-order valence-corrected chi connectivity index (χ0v) is 18.1. The van der Waals surface area contributed by atoms with E-state index in [9.17, 15) is 4.79 Å². The smallest absolute Gasteiger partial charge is 0.213 e. The third-order valence-electron chi connectivity index (χ3n) is 5.55. The molecule has 5 heteroatoms. The second kappa shape index (κ2) is 9.88. The number of nitrogens with zero attached hydrogens (tertiary/aromatic N) is 3. The van der Waals surface area contributed by atoms with Crippen molar-refractivity contribution in [3.8, 4) is 0 Å². The van der Waals surface area contributed by atoms with Gasteiger partial charge in [0.25, 0.3) is 0 Å². The molecule has 3 rings (SSSR count). The molecule has 0 bridgehead atoms. The van der Waals surface area contributed by atoms with Crippen molar-refractivity contribution in [2.24, 2.45) is 0 Å². The fraction of sp³-hybridized carbons (Fsp3) is 0.500. The topological polar surface area (TPSA) is 47.4 Å². The number of rotatable bonds is 8. The van der Waals surface area contributed by atoms with E-state index in [-0.39, 0.29) is 0 Å². The molecule has 29 heavy (non-hydrogen) atoms. The number of allylic oxidation sites excluding steroid dienone is 3. The third kappa shape index (κ3) is 5.15. The number of methoxy groups -OCH3 is 1. The molecule has 5 nitrogen and oxygen atoms in total. The first-order valence-electron chi connectivity index (χ1n) is 10.6. The van der Waals surface area contributed by atoms with Gasteiger partial charge in [-0.1, -0.05) is 37.0 Å². The minimum absolute atomic E-state index is 0.533. The quantitative estimate of drug-likeness (QED) is 0.460. The number of hydrogen-bond donors (Lipinski definition) is 0. The molecule has 0 atom stereocenters. The lowest BCUT2D eigenvalue weighted by Gasteiger charge is -2.22. The highest BCUT2D eigenvalue weighted by Gasteiger charge is 2.22. The normalized spacial score (nSPS) is 15.5. The van der Waals surface area contributed by atoms with Crippen LogP contribution in [0.25, 0.3) is 16.6 Å². The van der Waals surface area contributed by atoms with Gasteiger partial charge in [-0.2, -0.15) is 0 Å². The van der Waals surface area contributed by atoms with Crippen LogP contribution in [-0.2, 0) is 16.1 Å². The molecule has 1 aromatic heterocycles. The van der Waals surface area contributed by atoms with E-state index in [1.165, 1.54) is 43.5 Å². The molecule has 0 spiro atoms. The predicted octanol–water partition coefficient (Wildman–Crippen LogP) is 5.13. The SMILES string of the molecule is COCCn1c(C2CCCCC2)nc2ccc(/C(C=C(C)C)=C/N(C)C=O)cc21. The van der Waals surface area contributed by atoms with Crippen molar-refractivity contribution < 1.29 is 9.53 Å². The van der Waals surface area contributed by atoms with Crippen molar-refractivity contribution in [2.45, 2.75) is 58.4 Å². The van der Waals surface area contributed by atoms with Gasteiger partial charge in [0.2, 0.25) is 6.41 Å². The monoisotopic (exact) mass is 395 g/mol. The number of aromatic nitrogens is 2. The van der Waals surface area contributed by atoms with Crippen LogP contribution in [-0.4, -0.2) is 41.6 Å². The third-order valence-corrected chi connectivity index (χ3v) is 5.55. The van der Waals surface area contributed by atoms with Crippen LogP contribution in [0.1, 0.15) is 63.3 Å². The number of imidazole rings is 1. The van der Waals surface area contributed by atoms with E-state index < -0.39 is 0 Å². The first-order chi connectivity index (χ1) is 14.0. The molecule has 0 radical (unpaired) electrons. The fourth-order valence-corrected chi connectivity index (χ4v) is 4.17. The van der Waals surface area contributed by atoms with E-state index in [0.29, 0.717) is 12.5 Å². The summed E-state index contributed by atoms with van der Waals surface area (Å²) in [7, 11) is 3.50. The van der Waals surface area contributed by atoms with E-state index in [4.69, 9.17) is 9.72 Å². The number of carbonyl (C=O) groups excluding carboxylic acids is 1. The summed E-state index contributed by atoms with van der Waals surface area (Å²) in [6, 6.07) is 6.41. The van der Waals surface area contributed by atoms with E-state index in [1.807, 2.05) is 6.20 Å². The average molecular weight is 396 g/mol. The Morgan fingerprint density at radius 1 is 1.28 bits per heavy atom. The van der Waals surface area contributed by atoms with E-state index in [0.717, 1.165) is 35.1 Å². The predicted molar refractivity (Wildman–Crippen MR) is 119 cm³/mol. The van der Waals surface area contributed by atoms with Crippen LogP contribution < -0.4 is 0 Å². The molecule has 2 aromatic rings. The summed E-state index contributed by atoms with van der Waals surface area (Å²) in [6.45, 7) is 5.60. The van der Waals surface area contributed by atoms with Gasteiger partial charge < -0.3 is 14.2 Å². The van der Waals surface area contributed by atoms with Crippen LogP contribution >= 0.6 is 0 Å². The summed E-state index contributed by atoms with van der Waals surface area (Å²) in [5.74, 6) is 1.73. The van der Waals surface area contributed by atoms with Gasteiger partial charge >= 0.3 is 0 Å². The lowest BCUT2D eigenvalue weighted by molar-refractivity contribution is -0.114. The van der Waals surface area contributed by atoms with Gasteiger partial charge in [0.15, 0.2) is 0 Å². The summed E-state index contributed by atoms with van der Waals surface area (Å²) in [5.41, 5.74) is 5.46. The van der Waals surface area contributed by atoms with E-state index >= 15 is 0 Å². The Hall–Kier alpha value is -2.40. The molecule has 0 N–H and O–H groups in total. The number of benzene rings is 1. The number of carbonyl (C=O) groups is 1. The Morgan fingerprint density at radius 3 is 2.69 bits per heavy atom. The maximum absolute atomic E-state index is 11.2. The van der Waals surface area contributed by atoms with Gasteiger partial charge in [-0.25, -0.2) is 4.98 Å². The minimum atomic E-state index is 0.533. The molecule has 1 fully saturated rings. The minimum Gasteiger partial charge on any atom is -0.383 e.